The molecule has 70 valence electrons. The molecule has 1 aliphatic rings. The molecule has 0 aliphatic carbocycles. The van der Waals surface area contributed by atoms with Crippen molar-refractivity contribution in [2.45, 2.75) is 13.8 Å². The molecule has 0 unspecified atom stereocenters. The van der Waals surface area contributed by atoms with E-state index in [-0.39, 0.29) is 0 Å². The lowest BCUT2D eigenvalue weighted by molar-refractivity contribution is 0.274. The van der Waals surface area contributed by atoms with Crippen molar-refractivity contribution >= 4 is 21.7 Å². The normalized spacial score (nSPS) is 19.8. The average Bonchev–Trinajstić information content (AvgIpc) is 2.01. The molecule has 1 aliphatic heterocycles. The van der Waals surface area contributed by atoms with Crippen LogP contribution in [0, 0.1) is 5.41 Å². The fourth-order valence-corrected chi connectivity index (χ4v) is 1.94. The Morgan fingerprint density at radius 1 is 1.38 bits per heavy atom. The van der Waals surface area contributed by atoms with Gasteiger partial charge in [0.15, 0.2) is 0 Å². The molecule has 2 rings (SSSR count). The van der Waals surface area contributed by atoms with Crippen LogP contribution in [0.3, 0.4) is 0 Å². The van der Waals surface area contributed by atoms with Crippen molar-refractivity contribution in [2.24, 2.45) is 5.41 Å². The molecule has 2 nitrogen and oxygen atoms in total. The van der Waals surface area contributed by atoms with Gasteiger partial charge in [-0.3, -0.25) is 0 Å². The van der Waals surface area contributed by atoms with E-state index in [1.54, 1.807) is 0 Å². The van der Waals surface area contributed by atoms with Crippen molar-refractivity contribution in [2.75, 3.05) is 18.0 Å². The summed E-state index contributed by atoms with van der Waals surface area (Å²) in [6, 6.07) is 4.09. The lowest BCUT2D eigenvalue weighted by atomic mass is 9.84. The standard InChI is InChI=1S/C10H13BrN2/c1-10(2)6-13(7-10)9-4-3-8(11)5-12-9/h3-5H,6-7H2,1-2H3. The van der Waals surface area contributed by atoms with Gasteiger partial charge in [0.1, 0.15) is 5.82 Å². The van der Waals surface area contributed by atoms with E-state index in [2.05, 4.69) is 45.7 Å². The van der Waals surface area contributed by atoms with E-state index in [0.717, 1.165) is 23.4 Å². The average molecular weight is 241 g/mol. The number of rotatable bonds is 1. The minimum atomic E-state index is 0.467. The number of halogens is 1. The fourth-order valence-electron chi connectivity index (χ4n) is 1.70. The Kier molecular flexibility index (Phi) is 2.06. The van der Waals surface area contributed by atoms with Crippen LogP contribution in [0.2, 0.25) is 0 Å². The summed E-state index contributed by atoms with van der Waals surface area (Å²) in [5.41, 5.74) is 0.467. The number of aromatic nitrogens is 1. The number of nitrogens with zero attached hydrogens (tertiary/aromatic N) is 2. The van der Waals surface area contributed by atoms with Crippen molar-refractivity contribution in [3.63, 3.8) is 0 Å². The molecule has 1 saturated heterocycles. The van der Waals surface area contributed by atoms with Gasteiger partial charge in [0.25, 0.3) is 0 Å². The first kappa shape index (κ1) is 9.00. The highest BCUT2D eigenvalue weighted by Crippen LogP contribution is 2.32. The molecule has 0 aromatic carbocycles. The Labute approximate surface area is 87.1 Å². The lowest BCUT2D eigenvalue weighted by Gasteiger charge is -2.46. The monoisotopic (exact) mass is 240 g/mol. The van der Waals surface area contributed by atoms with Gasteiger partial charge >= 0.3 is 0 Å². The summed E-state index contributed by atoms with van der Waals surface area (Å²) in [5.74, 6) is 1.09. The minimum absolute atomic E-state index is 0.467. The molecule has 0 bridgehead atoms. The van der Waals surface area contributed by atoms with Crippen LogP contribution >= 0.6 is 15.9 Å². The Balaban J connectivity index is 2.08. The molecule has 1 aromatic rings. The van der Waals surface area contributed by atoms with Gasteiger partial charge in [-0.25, -0.2) is 4.98 Å². The summed E-state index contributed by atoms with van der Waals surface area (Å²) in [7, 11) is 0. The highest BCUT2D eigenvalue weighted by atomic mass is 79.9. The molecule has 13 heavy (non-hydrogen) atoms. The summed E-state index contributed by atoms with van der Waals surface area (Å²) in [4.78, 5) is 6.64. The number of hydrogen-bond acceptors (Lipinski definition) is 2. The second kappa shape index (κ2) is 2.98. The van der Waals surface area contributed by atoms with Crippen LogP contribution in [0.25, 0.3) is 0 Å². The summed E-state index contributed by atoms with van der Waals surface area (Å²) in [6.07, 6.45) is 1.85. The lowest BCUT2D eigenvalue weighted by Crippen LogP contribution is -2.53. The van der Waals surface area contributed by atoms with E-state index < -0.39 is 0 Å². The summed E-state index contributed by atoms with van der Waals surface area (Å²) in [5, 5.41) is 0. The molecule has 0 radical (unpaired) electrons. The Morgan fingerprint density at radius 3 is 2.54 bits per heavy atom. The molecule has 1 fully saturated rings. The van der Waals surface area contributed by atoms with Gasteiger partial charge in [0.2, 0.25) is 0 Å². The summed E-state index contributed by atoms with van der Waals surface area (Å²) in [6.45, 7) is 6.79. The Bertz CT molecular complexity index is 297. The molecule has 1 aromatic heterocycles. The molecular weight excluding hydrogens is 228 g/mol. The predicted octanol–water partition coefficient (Wildman–Crippen LogP) is 2.69. The minimum Gasteiger partial charge on any atom is -0.355 e. The SMILES string of the molecule is CC1(C)CN(c2ccc(Br)cn2)C1. The number of hydrogen-bond donors (Lipinski definition) is 0. The van der Waals surface area contributed by atoms with E-state index in [4.69, 9.17) is 0 Å². The van der Waals surface area contributed by atoms with Gasteiger partial charge in [-0.15, -0.1) is 0 Å². The second-order valence-corrected chi connectivity index (χ2v) is 5.27. The van der Waals surface area contributed by atoms with E-state index in [0.29, 0.717) is 5.41 Å². The number of anilines is 1. The highest BCUT2D eigenvalue weighted by molar-refractivity contribution is 9.10. The van der Waals surface area contributed by atoms with Crippen molar-refractivity contribution in [1.82, 2.24) is 4.98 Å². The van der Waals surface area contributed by atoms with Gasteiger partial charge in [0, 0.05) is 23.8 Å². The van der Waals surface area contributed by atoms with Crippen LogP contribution in [0.1, 0.15) is 13.8 Å². The van der Waals surface area contributed by atoms with Gasteiger partial charge in [-0.1, -0.05) is 13.8 Å². The largest absolute Gasteiger partial charge is 0.355 e. The van der Waals surface area contributed by atoms with Gasteiger partial charge in [-0.2, -0.15) is 0 Å². The maximum Gasteiger partial charge on any atom is 0.128 e. The number of pyridine rings is 1. The third-order valence-corrected chi connectivity index (χ3v) is 2.74. The molecule has 0 amide bonds. The van der Waals surface area contributed by atoms with Crippen molar-refractivity contribution in [1.29, 1.82) is 0 Å². The molecule has 0 spiro atoms. The van der Waals surface area contributed by atoms with Gasteiger partial charge in [0.05, 0.1) is 0 Å². The predicted molar refractivity (Wildman–Crippen MR) is 57.9 cm³/mol. The van der Waals surface area contributed by atoms with E-state index in [1.807, 2.05) is 12.3 Å². The van der Waals surface area contributed by atoms with E-state index in [1.165, 1.54) is 0 Å². The Hall–Kier alpha value is -0.570. The molecule has 0 atom stereocenters. The topological polar surface area (TPSA) is 16.1 Å². The molecule has 2 heterocycles. The van der Waals surface area contributed by atoms with Gasteiger partial charge in [-0.05, 0) is 33.5 Å². The summed E-state index contributed by atoms with van der Waals surface area (Å²) < 4.78 is 1.04. The quantitative estimate of drug-likeness (QED) is 0.751. The second-order valence-electron chi connectivity index (χ2n) is 4.35. The third kappa shape index (κ3) is 1.85. The van der Waals surface area contributed by atoms with E-state index >= 15 is 0 Å². The summed E-state index contributed by atoms with van der Waals surface area (Å²) >= 11 is 3.38. The zero-order chi connectivity index (χ0) is 9.47. The fraction of sp³-hybridized carbons (Fsp3) is 0.500. The van der Waals surface area contributed by atoms with Crippen LogP contribution in [-0.4, -0.2) is 18.1 Å². The third-order valence-electron chi connectivity index (χ3n) is 2.27. The van der Waals surface area contributed by atoms with Crippen LogP contribution in [-0.2, 0) is 0 Å². The van der Waals surface area contributed by atoms with Crippen molar-refractivity contribution in [3.8, 4) is 0 Å². The smallest absolute Gasteiger partial charge is 0.128 e. The van der Waals surface area contributed by atoms with Crippen LogP contribution in [0.5, 0.6) is 0 Å². The van der Waals surface area contributed by atoms with Crippen LogP contribution < -0.4 is 4.90 Å². The van der Waals surface area contributed by atoms with Crippen LogP contribution in [0.4, 0.5) is 5.82 Å². The Morgan fingerprint density at radius 2 is 2.08 bits per heavy atom. The van der Waals surface area contributed by atoms with Gasteiger partial charge < -0.3 is 4.90 Å². The maximum absolute atomic E-state index is 4.34. The molecule has 0 saturated carbocycles. The van der Waals surface area contributed by atoms with Crippen molar-refractivity contribution in [3.05, 3.63) is 22.8 Å². The first-order chi connectivity index (χ1) is 6.07. The maximum atomic E-state index is 4.34. The highest BCUT2D eigenvalue weighted by Gasteiger charge is 2.34. The molecule has 0 N–H and O–H groups in total. The first-order valence-electron chi connectivity index (χ1n) is 4.43. The zero-order valence-electron chi connectivity index (χ0n) is 7.92. The molecule has 3 heteroatoms. The van der Waals surface area contributed by atoms with Crippen LogP contribution in [0.15, 0.2) is 22.8 Å². The zero-order valence-corrected chi connectivity index (χ0v) is 9.50. The molecular formula is C10H13BrN2. The van der Waals surface area contributed by atoms with E-state index in [9.17, 15) is 0 Å². The first-order valence-corrected chi connectivity index (χ1v) is 5.23. The van der Waals surface area contributed by atoms with Crippen molar-refractivity contribution < 1.29 is 0 Å².